The number of benzene rings is 2. The van der Waals surface area contributed by atoms with Crippen molar-refractivity contribution in [1.29, 1.82) is 0 Å². The summed E-state index contributed by atoms with van der Waals surface area (Å²) in [4.78, 5) is 17.5. The van der Waals surface area contributed by atoms with Gasteiger partial charge in [-0.05, 0) is 29.8 Å². The number of fused-ring (bicyclic) bond motifs is 3. The van der Waals surface area contributed by atoms with Crippen molar-refractivity contribution in [1.82, 2.24) is 9.80 Å². The molecule has 3 aliphatic rings. The highest BCUT2D eigenvalue weighted by Crippen LogP contribution is 2.42. The van der Waals surface area contributed by atoms with E-state index in [0.29, 0.717) is 29.6 Å². The van der Waals surface area contributed by atoms with E-state index in [9.17, 15) is 4.79 Å². The van der Waals surface area contributed by atoms with E-state index >= 15 is 0 Å². The summed E-state index contributed by atoms with van der Waals surface area (Å²) >= 11 is 6.25. The van der Waals surface area contributed by atoms with Gasteiger partial charge in [-0.2, -0.15) is 0 Å². The van der Waals surface area contributed by atoms with Gasteiger partial charge in [0.15, 0.2) is 5.76 Å². The van der Waals surface area contributed by atoms with Gasteiger partial charge in [-0.25, -0.2) is 0 Å². The van der Waals surface area contributed by atoms with Gasteiger partial charge >= 0.3 is 0 Å². The molecule has 156 valence electrons. The Balaban J connectivity index is 1.35. The smallest absolute Gasteiger partial charge is 0.231 e. The van der Waals surface area contributed by atoms with E-state index < -0.39 is 0 Å². The van der Waals surface area contributed by atoms with Gasteiger partial charge in [0.2, 0.25) is 5.78 Å². The fourth-order valence-electron chi connectivity index (χ4n) is 3.99. The highest BCUT2D eigenvalue weighted by atomic mass is 35.5. The second-order valence-electron chi connectivity index (χ2n) is 7.66. The fourth-order valence-corrected chi connectivity index (χ4v) is 4.18. The van der Waals surface area contributed by atoms with E-state index in [0.717, 1.165) is 56.3 Å². The number of allylic oxidation sites excluding steroid dienone is 1. The molecule has 2 aromatic rings. The Bertz CT molecular complexity index is 1000. The van der Waals surface area contributed by atoms with Crippen LogP contribution in [0.5, 0.6) is 11.5 Å². The van der Waals surface area contributed by atoms with Gasteiger partial charge < -0.3 is 14.2 Å². The number of carbonyl (C=O) groups excluding carboxylic acids is 1. The van der Waals surface area contributed by atoms with Crippen LogP contribution in [0.2, 0.25) is 5.02 Å². The minimum Gasteiger partial charge on any atom is -0.478 e. The Kier molecular flexibility index (Phi) is 5.48. The summed E-state index contributed by atoms with van der Waals surface area (Å²) in [5.41, 5.74) is 2.26. The van der Waals surface area contributed by atoms with Crippen LogP contribution < -0.4 is 9.47 Å². The third kappa shape index (κ3) is 3.84. The van der Waals surface area contributed by atoms with Gasteiger partial charge in [0.25, 0.3) is 0 Å². The lowest BCUT2D eigenvalue weighted by molar-refractivity contribution is 0.0239. The second kappa shape index (κ2) is 8.40. The predicted octanol–water partition coefficient (Wildman–Crippen LogP) is 3.44. The predicted molar refractivity (Wildman–Crippen MR) is 114 cm³/mol. The number of rotatable bonds is 4. The first kappa shape index (κ1) is 19.6. The third-order valence-corrected chi connectivity index (χ3v) is 6.05. The molecule has 30 heavy (non-hydrogen) atoms. The minimum absolute atomic E-state index is 0.127. The van der Waals surface area contributed by atoms with E-state index in [1.54, 1.807) is 18.2 Å². The van der Waals surface area contributed by atoms with Crippen LogP contribution in [0.3, 0.4) is 0 Å². The highest BCUT2D eigenvalue weighted by Gasteiger charge is 2.33. The molecule has 3 aliphatic heterocycles. The van der Waals surface area contributed by atoms with Crippen molar-refractivity contribution in [3.63, 3.8) is 0 Å². The van der Waals surface area contributed by atoms with Gasteiger partial charge in [0.1, 0.15) is 18.2 Å². The van der Waals surface area contributed by atoms with Crippen LogP contribution in [-0.4, -0.2) is 61.7 Å². The summed E-state index contributed by atoms with van der Waals surface area (Å²) in [6.07, 6.45) is 1.71. The molecule has 0 atom stereocenters. The highest BCUT2D eigenvalue weighted by molar-refractivity contribution is 6.32. The number of carbonyl (C=O) groups is 1. The molecular weight excluding hydrogens is 404 g/mol. The molecule has 0 aromatic heterocycles. The molecule has 0 saturated carbocycles. The normalized spacial score (nSPS) is 20.6. The van der Waals surface area contributed by atoms with Crippen LogP contribution in [0.15, 0.2) is 42.2 Å². The zero-order valence-electron chi connectivity index (χ0n) is 16.6. The van der Waals surface area contributed by atoms with E-state index in [4.69, 9.17) is 25.8 Å². The van der Waals surface area contributed by atoms with Gasteiger partial charge in [-0.1, -0.05) is 29.8 Å². The molecule has 3 heterocycles. The van der Waals surface area contributed by atoms with Gasteiger partial charge in [0, 0.05) is 37.7 Å². The fraction of sp³-hybridized carbons (Fsp3) is 0.348. The van der Waals surface area contributed by atoms with Gasteiger partial charge in [0.05, 0.1) is 24.3 Å². The molecule has 0 N–H and O–H groups in total. The lowest BCUT2D eigenvalue weighted by Gasteiger charge is -2.33. The Labute approximate surface area is 180 Å². The largest absolute Gasteiger partial charge is 0.478 e. The molecule has 2 aromatic carbocycles. The molecule has 0 spiro atoms. The van der Waals surface area contributed by atoms with Crippen molar-refractivity contribution in [2.24, 2.45) is 0 Å². The van der Waals surface area contributed by atoms with Crippen LogP contribution in [0.4, 0.5) is 0 Å². The van der Waals surface area contributed by atoms with Crippen molar-refractivity contribution in [3.05, 3.63) is 63.9 Å². The maximum atomic E-state index is 12.9. The van der Waals surface area contributed by atoms with Crippen molar-refractivity contribution in [3.8, 4) is 11.5 Å². The second-order valence-corrected chi connectivity index (χ2v) is 8.07. The Morgan fingerprint density at radius 3 is 2.67 bits per heavy atom. The molecule has 1 fully saturated rings. The number of Topliss-reactive ketones (excluding diaryl/α,β-unsaturated/α-hetero) is 1. The molecule has 0 bridgehead atoms. The Morgan fingerprint density at radius 2 is 1.83 bits per heavy atom. The van der Waals surface area contributed by atoms with E-state index in [2.05, 4.69) is 9.80 Å². The quantitative estimate of drug-likeness (QED) is 0.698. The molecule has 6 nitrogen and oxygen atoms in total. The topological polar surface area (TPSA) is 51.2 Å². The molecule has 0 amide bonds. The van der Waals surface area contributed by atoms with Gasteiger partial charge in [-0.15, -0.1) is 0 Å². The zero-order chi connectivity index (χ0) is 20.5. The molecule has 5 rings (SSSR count). The molecule has 0 unspecified atom stereocenters. The van der Waals surface area contributed by atoms with Crippen LogP contribution in [0, 0.1) is 0 Å². The summed E-state index contributed by atoms with van der Waals surface area (Å²) in [5.74, 6) is 1.55. The molecule has 1 saturated heterocycles. The molecule has 0 aliphatic carbocycles. The van der Waals surface area contributed by atoms with E-state index in [1.165, 1.54) is 0 Å². The molecule has 0 radical (unpaired) electrons. The Morgan fingerprint density at radius 1 is 1.03 bits per heavy atom. The first-order chi connectivity index (χ1) is 14.7. The van der Waals surface area contributed by atoms with Gasteiger partial charge in [-0.3, -0.25) is 14.6 Å². The van der Waals surface area contributed by atoms with Crippen LogP contribution >= 0.6 is 11.6 Å². The number of halogens is 1. The minimum atomic E-state index is -0.127. The first-order valence-corrected chi connectivity index (χ1v) is 10.6. The van der Waals surface area contributed by atoms with Crippen molar-refractivity contribution in [2.45, 2.75) is 6.54 Å². The number of morpholine rings is 1. The molecular formula is C23H23ClN2O4. The van der Waals surface area contributed by atoms with E-state index in [1.807, 2.05) is 24.3 Å². The summed E-state index contributed by atoms with van der Waals surface area (Å²) in [7, 11) is 0. The standard InChI is InChI=1S/C23H23ClN2O4/c24-19-4-2-1-3-16(19)13-21-22(27)17-5-6-20-18(23(17)30-21)14-26(15-29-20)8-7-25-9-11-28-12-10-25/h1-6,13H,7-12,14-15H2/b21-13-. The van der Waals surface area contributed by atoms with Crippen molar-refractivity contribution >= 4 is 23.5 Å². The molecule has 7 heteroatoms. The lowest BCUT2D eigenvalue weighted by Crippen LogP contribution is -2.43. The summed E-state index contributed by atoms with van der Waals surface area (Å²) in [5, 5.41) is 0.581. The average Bonchev–Trinajstić information content (AvgIpc) is 3.10. The number of hydrogen-bond acceptors (Lipinski definition) is 6. The third-order valence-electron chi connectivity index (χ3n) is 5.71. The first-order valence-electron chi connectivity index (χ1n) is 10.2. The lowest BCUT2D eigenvalue weighted by atomic mass is 10.0. The summed E-state index contributed by atoms with van der Waals surface area (Å²) in [6, 6.07) is 11.0. The average molecular weight is 427 g/mol. The van der Waals surface area contributed by atoms with Crippen LogP contribution in [0.25, 0.3) is 6.08 Å². The summed E-state index contributed by atoms with van der Waals surface area (Å²) in [6.45, 7) is 6.60. The monoisotopic (exact) mass is 426 g/mol. The maximum Gasteiger partial charge on any atom is 0.231 e. The maximum absolute atomic E-state index is 12.9. The number of hydrogen-bond donors (Lipinski definition) is 0. The van der Waals surface area contributed by atoms with Crippen LogP contribution in [0.1, 0.15) is 21.5 Å². The number of ether oxygens (including phenoxy) is 3. The number of ketones is 1. The summed E-state index contributed by atoms with van der Waals surface area (Å²) < 4.78 is 17.4. The SMILES string of the molecule is O=C1/C(=C/c2ccccc2Cl)Oc2c1ccc1c2CN(CCN2CCOCC2)CO1. The Hall–Kier alpha value is -2.38. The van der Waals surface area contributed by atoms with Crippen molar-refractivity contribution in [2.75, 3.05) is 46.1 Å². The van der Waals surface area contributed by atoms with Crippen molar-refractivity contribution < 1.29 is 19.0 Å². The van der Waals surface area contributed by atoms with E-state index in [-0.39, 0.29) is 11.5 Å². The number of nitrogens with zero attached hydrogens (tertiary/aromatic N) is 2. The van der Waals surface area contributed by atoms with Crippen LogP contribution in [-0.2, 0) is 11.3 Å². The zero-order valence-corrected chi connectivity index (χ0v) is 17.4.